The van der Waals surface area contributed by atoms with Crippen LogP contribution >= 0.6 is 0 Å². The highest BCUT2D eigenvalue weighted by Gasteiger charge is 2.28. The second kappa shape index (κ2) is 7.35. The van der Waals surface area contributed by atoms with Crippen molar-refractivity contribution in [3.63, 3.8) is 0 Å². The van der Waals surface area contributed by atoms with Crippen molar-refractivity contribution in [2.45, 2.75) is 44.7 Å². The van der Waals surface area contributed by atoms with Gasteiger partial charge in [0.05, 0.1) is 12.6 Å². The van der Waals surface area contributed by atoms with E-state index in [1.807, 2.05) is 0 Å². The van der Waals surface area contributed by atoms with E-state index in [0.717, 1.165) is 25.6 Å². The van der Waals surface area contributed by atoms with Gasteiger partial charge in [-0.2, -0.15) is 0 Å². The van der Waals surface area contributed by atoms with Crippen molar-refractivity contribution in [3.05, 3.63) is 35.9 Å². The molecule has 1 aliphatic heterocycles. The molecule has 3 rings (SSSR count). The number of guanidine groups is 1. The maximum absolute atomic E-state index is 6.19. The van der Waals surface area contributed by atoms with Gasteiger partial charge in [-0.05, 0) is 50.3 Å². The number of nitrogens with two attached hydrogens (primary N) is 1. The Labute approximate surface area is 140 Å². The van der Waals surface area contributed by atoms with Gasteiger partial charge in [-0.25, -0.2) is 0 Å². The lowest BCUT2D eigenvalue weighted by molar-refractivity contribution is 0.141. The molecule has 1 unspecified atom stereocenters. The SMILES string of the molecule is CC1CCN(C(CN=C(N)N(C)C2CC2)c2ccccc2)CC1. The van der Waals surface area contributed by atoms with Crippen LogP contribution in [0.5, 0.6) is 0 Å². The maximum atomic E-state index is 6.19. The minimum absolute atomic E-state index is 0.342. The fraction of sp³-hybridized carbons (Fsp3) is 0.632. The highest BCUT2D eigenvalue weighted by atomic mass is 15.3. The maximum Gasteiger partial charge on any atom is 0.191 e. The van der Waals surface area contributed by atoms with Gasteiger partial charge in [0.2, 0.25) is 0 Å². The minimum atomic E-state index is 0.342. The van der Waals surface area contributed by atoms with Crippen LogP contribution in [0.2, 0.25) is 0 Å². The number of benzene rings is 1. The number of hydrogen-bond donors (Lipinski definition) is 1. The van der Waals surface area contributed by atoms with Crippen molar-refractivity contribution in [3.8, 4) is 0 Å². The normalized spacial score (nSPS) is 22.1. The molecule has 1 saturated heterocycles. The third-order valence-electron chi connectivity index (χ3n) is 5.33. The lowest BCUT2D eigenvalue weighted by Crippen LogP contribution is -2.39. The van der Waals surface area contributed by atoms with E-state index in [1.54, 1.807) is 0 Å². The first-order valence-corrected chi connectivity index (χ1v) is 8.97. The predicted octanol–water partition coefficient (Wildman–Crippen LogP) is 2.87. The molecule has 0 amide bonds. The number of rotatable bonds is 5. The van der Waals surface area contributed by atoms with E-state index in [4.69, 9.17) is 10.7 Å². The van der Waals surface area contributed by atoms with Crippen LogP contribution in [0.25, 0.3) is 0 Å². The van der Waals surface area contributed by atoms with Gasteiger partial charge in [-0.3, -0.25) is 9.89 Å². The first-order valence-electron chi connectivity index (χ1n) is 8.97. The van der Waals surface area contributed by atoms with Gasteiger partial charge in [-0.15, -0.1) is 0 Å². The van der Waals surface area contributed by atoms with Crippen molar-refractivity contribution in [2.24, 2.45) is 16.6 Å². The lowest BCUT2D eigenvalue weighted by Gasteiger charge is -2.36. The molecule has 2 aliphatic rings. The van der Waals surface area contributed by atoms with E-state index < -0.39 is 0 Å². The molecule has 0 aromatic heterocycles. The van der Waals surface area contributed by atoms with Crippen molar-refractivity contribution in [1.82, 2.24) is 9.80 Å². The summed E-state index contributed by atoms with van der Waals surface area (Å²) in [6.07, 6.45) is 5.06. The van der Waals surface area contributed by atoms with Gasteiger partial charge in [0.25, 0.3) is 0 Å². The molecule has 2 fully saturated rings. The van der Waals surface area contributed by atoms with E-state index in [1.165, 1.54) is 31.2 Å². The Kier molecular flexibility index (Phi) is 5.21. The minimum Gasteiger partial charge on any atom is -0.370 e. The first kappa shape index (κ1) is 16.3. The van der Waals surface area contributed by atoms with Crippen LogP contribution in [0, 0.1) is 5.92 Å². The summed E-state index contributed by atoms with van der Waals surface area (Å²) in [5, 5.41) is 0. The molecule has 1 aliphatic carbocycles. The summed E-state index contributed by atoms with van der Waals surface area (Å²) in [6.45, 7) is 5.43. The van der Waals surface area contributed by atoms with Crippen LogP contribution in [0.15, 0.2) is 35.3 Å². The van der Waals surface area contributed by atoms with Gasteiger partial charge >= 0.3 is 0 Å². The van der Waals surface area contributed by atoms with Crippen molar-refractivity contribution >= 4 is 5.96 Å². The van der Waals surface area contributed by atoms with E-state index >= 15 is 0 Å². The second-order valence-electron chi connectivity index (χ2n) is 7.19. The predicted molar refractivity (Wildman–Crippen MR) is 96.4 cm³/mol. The summed E-state index contributed by atoms with van der Waals surface area (Å²) >= 11 is 0. The van der Waals surface area contributed by atoms with Gasteiger partial charge in [0, 0.05) is 13.1 Å². The molecule has 1 heterocycles. The number of hydrogen-bond acceptors (Lipinski definition) is 2. The number of piperidine rings is 1. The fourth-order valence-electron chi connectivity index (χ4n) is 3.39. The molecule has 23 heavy (non-hydrogen) atoms. The molecular formula is C19H30N4. The zero-order valence-corrected chi connectivity index (χ0v) is 14.5. The molecule has 1 aromatic rings. The molecule has 2 N–H and O–H groups in total. The third-order valence-corrected chi connectivity index (χ3v) is 5.33. The molecule has 1 aromatic carbocycles. The molecule has 0 spiro atoms. The highest BCUT2D eigenvalue weighted by molar-refractivity contribution is 5.78. The fourth-order valence-corrected chi connectivity index (χ4v) is 3.39. The smallest absolute Gasteiger partial charge is 0.191 e. The Morgan fingerprint density at radius 1 is 1.22 bits per heavy atom. The monoisotopic (exact) mass is 314 g/mol. The van der Waals surface area contributed by atoms with Gasteiger partial charge in [0.15, 0.2) is 5.96 Å². The van der Waals surface area contributed by atoms with E-state index in [0.29, 0.717) is 18.0 Å². The number of aliphatic imine (C=N–C) groups is 1. The Morgan fingerprint density at radius 3 is 2.48 bits per heavy atom. The van der Waals surface area contributed by atoms with Gasteiger partial charge in [-0.1, -0.05) is 37.3 Å². The van der Waals surface area contributed by atoms with Crippen LogP contribution in [0.3, 0.4) is 0 Å². The second-order valence-corrected chi connectivity index (χ2v) is 7.19. The van der Waals surface area contributed by atoms with Gasteiger partial charge < -0.3 is 10.6 Å². The number of nitrogens with zero attached hydrogens (tertiary/aromatic N) is 3. The Bertz CT molecular complexity index is 515. The van der Waals surface area contributed by atoms with Crippen LogP contribution < -0.4 is 5.73 Å². The highest BCUT2D eigenvalue weighted by Crippen LogP contribution is 2.28. The third kappa shape index (κ3) is 4.25. The zero-order valence-electron chi connectivity index (χ0n) is 14.5. The Morgan fingerprint density at radius 2 is 1.87 bits per heavy atom. The molecule has 126 valence electrons. The van der Waals surface area contributed by atoms with E-state index in [9.17, 15) is 0 Å². The Balaban J connectivity index is 1.71. The van der Waals surface area contributed by atoms with Crippen LogP contribution in [-0.4, -0.2) is 48.5 Å². The topological polar surface area (TPSA) is 44.9 Å². The van der Waals surface area contributed by atoms with E-state index in [2.05, 4.69) is 54.1 Å². The quantitative estimate of drug-likeness (QED) is 0.671. The number of likely N-dealkylation sites (tertiary alicyclic amines) is 1. The largest absolute Gasteiger partial charge is 0.370 e. The Hall–Kier alpha value is -1.55. The molecule has 0 radical (unpaired) electrons. The average molecular weight is 314 g/mol. The molecule has 4 heteroatoms. The van der Waals surface area contributed by atoms with Gasteiger partial charge in [0.1, 0.15) is 0 Å². The summed E-state index contributed by atoms with van der Waals surface area (Å²) < 4.78 is 0. The molecule has 1 atom stereocenters. The van der Waals surface area contributed by atoms with E-state index in [-0.39, 0.29) is 0 Å². The van der Waals surface area contributed by atoms with Crippen LogP contribution in [0.4, 0.5) is 0 Å². The summed E-state index contributed by atoms with van der Waals surface area (Å²) in [4.78, 5) is 9.46. The standard InChI is InChI=1S/C19H30N4/c1-15-10-12-23(13-11-15)18(16-6-4-3-5-7-16)14-21-19(20)22(2)17-8-9-17/h3-7,15,17-18H,8-14H2,1-2H3,(H2,20,21). The molecule has 0 bridgehead atoms. The zero-order chi connectivity index (χ0) is 16.2. The van der Waals surface area contributed by atoms with Crippen LogP contribution in [0.1, 0.15) is 44.2 Å². The summed E-state index contributed by atoms with van der Waals surface area (Å²) in [5.74, 6) is 1.54. The lowest BCUT2D eigenvalue weighted by atomic mass is 9.96. The van der Waals surface area contributed by atoms with Crippen molar-refractivity contribution < 1.29 is 0 Å². The van der Waals surface area contributed by atoms with Crippen molar-refractivity contribution in [2.75, 3.05) is 26.7 Å². The molecule has 1 saturated carbocycles. The summed E-state index contributed by atoms with van der Waals surface area (Å²) in [5.41, 5.74) is 7.55. The average Bonchev–Trinajstić information content (AvgIpc) is 3.41. The molecule has 4 nitrogen and oxygen atoms in total. The van der Waals surface area contributed by atoms with Crippen LogP contribution in [-0.2, 0) is 0 Å². The summed E-state index contributed by atoms with van der Waals surface area (Å²) in [7, 11) is 2.07. The van der Waals surface area contributed by atoms with Crippen molar-refractivity contribution in [1.29, 1.82) is 0 Å². The summed E-state index contributed by atoms with van der Waals surface area (Å²) in [6, 6.07) is 11.7. The first-order chi connectivity index (χ1) is 11.1. The molecular weight excluding hydrogens is 284 g/mol.